The van der Waals surface area contributed by atoms with Crippen molar-refractivity contribution in [3.63, 3.8) is 0 Å². The molecular weight excluding hydrogens is 374 g/mol. The van der Waals surface area contributed by atoms with E-state index in [0.717, 1.165) is 12.8 Å². The molecule has 3 rings (SSSR count). The molecule has 5 heteroatoms. The topological polar surface area (TPSA) is 29.5 Å². The Morgan fingerprint density at radius 2 is 1.41 bits per heavy atom. The highest BCUT2D eigenvalue weighted by Gasteiger charge is 2.51. The van der Waals surface area contributed by atoms with Gasteiger partial charge >= 0.3 is 5.37 Å². The van der Waals surface area contributed by atoms with E-state index in [2.05, 4.69) is 81.4 Å². The molecule has 144 valence electrons. The van der Waals surface area contributed by atoms with Crippen LogP contribution >= 0.6 is 11.6 Å². The number of halogens is 1. The maximum atomic E-state index is 11.5. The molecule has 0 atom stereocenters. The second-order valence-corrected chi connectivity index (χ2v) is 12.8. The molecule has 1 heterocycles. The summed E-state index contributed by atoms with van der Waals surface area (Å²) >= 11 is 5.66. The minimum Gasteiger partial charge on any atom is -0.404 e. The van der Waals surface area contributed by atoms with Gasteiger partial charge in [-0.3, -0.25) is 4.79 Å². The number of nitrogens with zero attached hydrogens (tertiary/aromatic N) is 1. The van der Waals surface area contributed by atoms with Gasteiger partial charge in [-0.1, -0.05) is 81.4 Å². The van der Waals surface area contributed by atoms with Gasteiger partial charge < -0.3 is 9.33 Å². The van der Waals surface area contributed by atoms with Crippen LogP contribution in [0.25, 0.3) is 0 Å². The molecule has 0 aromatic heterocycles. The fourth-order valence-electron chi connectivity index (χ4n) is 4.09. The Morgan fingerprint density at radius 3 is 1.78 bits per heavy atom. The van der Waals surface area contributed by atoms with Crippen LogP contribution in [0.4, 0.5) is 4.79 Å². The van der Waals surface area contributed by atoms with E-state index < -0.39 is 8.32 Å². The van der Waals surface area contributed by atoms with E-state index in [1.165, 1.54) is 10.4 Å². The fourth-order valence-corrected chi connectivity index (χ4v) is 9.01. The molecule has 1 aliphatic rings. The van der Waals surface area contributed by atoms with E-state index in [4.69, 9.17) is 16.0 Å². The van der Waals surface area contributed by atoms with Crippen molar-refractivity contribution in [1.29, 1.82) is 0 Å². The van der Waals surface area contributed by atoms with Gasteiger partial charge in [-0.15, -0.1) is 0 Å². The van der Waals surface area contributed by atoms with E-state index in [0.29, 0.717) is 13.1 Å². The molecule has 0 saturated carbocycles. The summed E-state index contributed by atoms with van der Waals surface area (Å²) in [6.45, 7) is 8.18. The summed E-state index contributed by atoms with van der Waals surface area (Å²) in [5, 5.41) is 2.19. The predicted molar refractivity (Wildman–Crippen MR) is 115 cm³/mol. The van der Waals surface area contributed by atoms with Gasteiger partial charge in [0.1, 0.15) is 0 Å². The van der Waals surface area contributed by atoms with Crippen molar-refractivity contribution >= 4 is 35.7 Å². The lowest BCUT2D eigenvalue weighted by Crippen LogP contribution is -2.68. The lowest BCUT2D eigenvalue weighted by Gasteiger charge is -2.46. The van der Waals surface area contributed by atoms with Crippen LogP contribution in [-0.4, -0.2) is 37.8 Å². The van der Waals surface area contributed by atoms with Crippen molar-refractivity contribution < 1.29 is 9.22 Å². The number of carbonyl (C=O) groups is 1. The molecule has 1 aliphatic heterocycles. The molecule has 1 fully saturated rings. The smallest absolute Gasteiger partial charge is 0.316 e. The van der Waals surface area contributed by atoms with E-state index in [-0.39, 0.29) is 16.5 Å². The quantitative estimate of drug-likeness (QED) is 0.432. The predicted octanol–water partition coefficient (Wildman–Crippen LogP) is 4.39. The summed E-state index contributed by atoms with van der Waals surface area (Å²) in [5.74, 6) is 0. The molecule has 0 radical (unpaired) electrons. The van der Waals surface area contributed by atoms with Crippen LogP contribution in [0.3, 0.4) is 0 Å². The Bertz CT molecular complexity index is 713. The van der Waals surface area contributed by atoms with Gasteiger partial charge in [0.2, 0.25) is 0 Å². The lowest BCUT2D eigenvalue weighted by molar-refractivity contribution is 0.110. The second-order valence-electron chi connectivity index (χ2n) is 8.22. The minimum atomic E-state index is -2.52. The van der Waals surface area contributed by atoms with Gasteiger partial charge in [0.05, 0.1) is 0 Å². The molecule has 1 saturated heterocycles. The first-order chi connectivity index (χ1) is 12.8. The highest BCUT2D eigenvalue weighted by atomic mass is 35.5. The highest BCUT2D eigenvalue weighted by Crippen LogP contribution is 2.38. The Labute approximate surface area is 168 Å². The van der Waals surface area contributed by atoms with E-state index in [9.17, 15) is 4.79 Å². The molecule has 2 aromatic rings. The van der Waals surface area contributed by atoms with Gasteiger partial charge in [-0.25, -0.2) is 0 Å². The van der Waals surface area contributed by atoms with Crippen molar-refractivity contribution in [3.05, 3.63) is 60.7 Å². The van der Waals surface area contributed by atoms with Crippen LogP contribution in [0.5, 0.6) is 0 Å². The van der Waals surface area contributed by atoms with Crippen LogP contribution in [0.2, 0.25) is 5.04 Å². The summed E-state index contributed by atoms with van der Waals surface area (Å²) in [7, 11) is -2.52. The number of rotatable bonds is 4. The monoisotopic (exact) mass is 401 g/mol. The first-order valence-corrected chi connectivity index (χ1v) is 11.9. The standard InChI is InChI=1S/C22H28ClNO2Si/c1-22(2,3)27(19-10-6-4-7-11-19,20-12-8-5-9-13-20)26-18-14-16-24(17-15-18)21(23)25/h4-13,18H,14-17H2,1-3H3. The number of carbonyl (C=O) groups excluding carboxylic acids is 1. The highest BCUT2D eigenvalue weighted by molar-refractivity contribution is 6.99. The third-order valence-electron chi connectivity index (χ3n) is 5.45. The van der Waals surface area contributed by atoms with Crippen molar-refractivity contribution in [3.8, 4) is 0 Å². The zero-order valence-electron chi connectivity index (χ0n) is 16.3. The van der Waals surface area contributed by atoms with E-state index >= 15 is 0 Å². The third kappa shape index (κ3) is 4.13. The number of benzene rings is 2. The molecule has 3 nitrogen and oxygen atoms in total. The summed E-state index contributed by atoms with van der Waals surface area (Å²) < 4.78 is 7.10. The maximum absolute atomic E-state index is 11.5. The summed E-state index contributed by atoms with van der Waals surface area (Å²) in [4.78, 5) is 13.2. The molecular formula is C22H28ClNO2Si. The molecule has 27 heavy (non-hydrogen) atoms. The first-order valence-electron chi connectivity index (χ1n) is 9.58. The number of amides is 1. The largest absolute Gasteiger partial charge is 0.404 e. The van der Waals surface area contributed by atoms with Crippen LogP contribution in [0.1, 0.15) is 33.6 Å². The lowest BCUT2D eigenvalue weighted by atomic mass is 10.1. The average Bonchev–Trinajstić information content (AvgIpc) is 2.67. The van der Waals surface area contributed by atoms with Gasteiger partial charge in [0.15, 0.2) is 0 Å². The zero-order chi connectivity index (χ0) is 19.5. The van der Waals surface area contributed by atoms with Crippen LogP contribution in [0.15, 0.2) is 60.7 Å². The van der Waals surface area contributed by atoms with Gasteiger partial charge in [-0.2, -0.15) is 0 Å². The minimum absolute atomic E-state index is 0.0326. The van der Waals surface area contributed by atoms with Crippen molar-refractivity contribution in [2.75, 3.05) is 13.1 Å². The Kier molecular flexibility index (Phi) is 6.09. The van der Waals surface area contributed by atoms with Gasteiger partial charge in [-0.05, 0) is 39.9 Å². The Morgan fingerprint density at radius 1 is 0.963 bits per heavy atom. The van der Waals surface area contributed by atoms with Gasteiger partial charge in [0.25, 0.3) is 8.32 Å². The summed E-state index contributed by atoms with van der Waals surface area (Å²) in [6.07, 6.45) is 1.77. The summed E-state index contributed by atoms with van der Waals surface area (Å²) in [5.41, 5.74) is 0. The Balaban J connectivity index is 2.01. The second kappa shape index (κ2) is 8.17. The van der Waals surface area contributed by atoms with Crippen LogP contribution < -0.4 is 10.4 Å². The molecule has 1 amide bonds. The van der Waals surface area contributed by atoms with Gasteiger partial charge in [0, 0.05) is 19.2 Å². The SMILES string of the molecule is CC(C)(C)[Si](OC1CCN(C(=O)Cl)CC1)(c1ccccc1)c1ccccc1. The maximum Gasteiger partial charge on any atom is 0.316 e. The first kappa shape index (κ1) is 20.1. The molecule has 0 bridgehead atoms. The molecule has 0 aliphatic carbocycles. The van der Waals surface area contributed by atoms with Crippen LogP contribution in [-0.2, 0) is 4.43 Å². The number of hydrogen-bond acceptors (Lipinski definition) is 2. The number of hydrogen-bond donors (Lipinski definition) is 0. The van der Waals surface area contributed by atoms with Crippen molar-refractivity contribution in [1.82, 2.24) is 4.90 Å². The van der Waals surface area contributed by atoms with Crippen LogP contribution in [0, 0.1) is 0 Å². The van der Waals surface area contributed by atoms with E-state index in [1.54, 1.807) is 4.90 Å². The number of piperidine rings is 1. The van der Waals surface area contributed by atoms with Crippen molar-refractivity contribution in [2.24, 2.45) is 0 Å². The summed E-state index contributed by atoms with van der Waals surface area (Å²) in [6, 6.07) is 21.4. The van der Waals surface area contributed by atoms with Crippen molar-refractivity contribution in [2.45, 2.75) is 44.8 Å². The molecule has 2 aromatic carbocycles. The number of likely N-dealkylation sites (tertiary alicyclic amines) is 1. The molecule has 0 spiro atoms. The fraction of sp³-hybridized carbons (Fsp3) is 0.409. The zero-order valence-corrected chi connectivity index (χ0v) is 18.1. The normalized spacial score (nSPS) is 16.4. The average molecular weight is 402 g/mol. The molecule has 0 N–H and O–H groups in total. The third-order valence-corrected chi connectivity index (χ3v) is 10.8. The van der Waals surface area contributed by atoms with E-state index in [1.807, 2.05) is 0 Å². The Hall–Kier alpha value is -1.62. The molecule has 0 unspecified atom stereocenters.